The number of hydrogen-bond acceptors (Lipinski definition) is 4. The molecule has 3 N–H and O–H groups in total. The fourth-order valence-electron chi connectivity index (χ4n) is 1.88. The zero-order valence-electron chi connectivity index (χ0n) is 13.1. The van der Waals surface area contributed by atoms with Gasteiger partial charge in [0.1, 0.15) is 11.9 Å². The number of guanidine groups is 1. The van der Waals surface area contributed by atoms with Crippen LogP contribution in [0.5, 0.6) is 0 Å². The van der Waals surface area contributed by atoms with Gasteiger partial charge in [-0.2, -0.15) is 0 Å². The molecule has 0 saturated carbocycles. The Kier molecular flexibility index (Phi) is 10.1. The van der Waals surface area contributed by atoms with E-state index in [1.165, 1.54) is 11.3 Å². The Morgan fingerprint density at radius 1 is 1.42 bits per heavy atom. The molecule has 0 bridgehead atoms. The summed E-state index contributed by atoms with van der Waals surface area (Å²) in [5, 5.41) is 16.5. The monoisotopic (exact) mass is 481 g/mol. The van der Waals surface area contributed by atoms with Crippen LogP contribution in [0.2, 0.25) is 4.34 Å². The lowest BCUT2D eigenvalue weighted by molar-refractivity contribution is 0.191. The van der Waals surface area contributed by atoms with E-state index in [0.29, 0.717) is 23.4 Å². The molecule has 1 unspecified atom stereocenters. The summed E-state index contributed by atoms with van der Waals surface area (Å²) >= 11 is 7.24. The predicted molar refractivity (Wildman–Crippen MR) is 111 cm³/mol. The van der Waals surface area contributed by atoms with E-state index in [1.54, 1.807) is 18.4 Å². The van der Waals surface area contributed by atoms with Gasteiger partial charge in [-0.1, -0.05) is 17.7 Å². The van der Waals surface area contributed by atoms with Gasteiger partial charge in [0.25, 0.3) is 0 Å². The lowest BCUT2D eigenvalue weighted by Crippen LogP contribution is -2.38. The minimum atomic E-state index is -0.667. The number of thiophene rings is 1. The maximum Gasteiger partial charge on any atom is 0.191 e. The maximum absolute atomic E-state index is 10.1. The molecule has 24 heavy (non-hydrogen) atoms. The highest BCUT2D eigenvalue weighted by Crippen LogP contribution is 2.26. The van der Waals surface area contributed by atoms with Crippen LogP contribution in [0, 0.1) is 0 Å². The molecule has 0 aliphatic rings. The summed E-state index contributed by atoms with van der Waals surface area (Å²) < 4.78 is 5.94. The third-order valence-corrected chi connectivity index (χ3v) is 4.33. The Hall–Kier alpha value is -1.03. The standard InChI is InChI=1S/C16H20ClN3O2S.HI/c1-2-8-18-16(19-9-7-12-4-3-10-22-12)20-11-13(21)14-5-6-15(17)23-14;/h2-6,10,13,21H,1,7-9,11H2,(H2,18,19,20);1H. The van der Waals surface area contributed by atoms with Gasteiger partial charge in [-0.15, -0.1) is 41.9 Å². The summed E-state index contributed by atoms with van der Waals surface area (Å²) in [6.45, 7) is 5.20. The van der Waals surface area contributed by atoms with Crippen molar-refractivity contribution >= 4 is 52.9 Å². The van der Waals surface area contributed by atoms with Gasteiger partial charge in [-0.05, 0) is 24.3 Å². The van der Waals surface area contributed by atoms with Crippen molar-refractivity contribution in [1.29, 1.82) is 0 Å². The Bertz CT molecular complexity index is 631. The molecule has 2 aromatic rings. The molecule has 0 aliphatic heterocycles. The summed E-state index contributed by atoms with van der Waals surface area (Å²) in [5.74, 6) is 1.53. The Morgan fingerprint density at radius 3 is 2.88 bits per heavy atom. The van der Waals surface area contributed by atoms with E-state index in [1.807, 2.05) is 18.2 Å². The van der Waals surface area contributed by atoms with Gasteiger partial charge in [-0.25, -0.2) is 0 Å². The van der Waals surface area contributed by atoms with Crippen molar-refractivity contribution in [2.45, 2.75) is 12.5 Å². The van der Waals surface area contributed by atoms with Crippen LogP contribution in [-0.4, -0.2) is 30.7 Å². The van der Waals surface area contributed by atoms with Gasteiger partial charge in [0, 0.05) is 24.4 Å². The van der Waals surface area contributed by atoms with Crippen LogP contribution in [0.1, 0.15) is 16.7 Å². The Balaban J connectivity index is 0.00000288. The highest BCUT2D eigenvalue weighted by atomic mass is 127. The van der Waals surface area contributed by atoms with Crippen LogP contribution in [0.15, 0.2) is 52.6 Å². The molecule has 0 aliphatic carbocycles. The van der Waals surface area contributed by atoms with Crippen molar-refractivity contribution in [3.8, 4) is 0 Å². The topological polar surface area (TPSA) is 69.8 Å². The van der Waals surface area contributed by atoms with Crippen LogP contribution in [0.4, 0.5) is 0 Å². The first-order valence-corrected chi connectivity index (χ1v) is 8.47. The summed E-state index contributed by atoms with van der Waals surface area (Å²) in [6.07, 6.45) is 3.49. The zero-order valence-corrected chi connectivity index (χ0v) is 17.0. The zero-order chi connectivity index (χ0) is 16.5. The van der Waals surface area contributed by atoms with Gasteiger partial charge in [0.05, 0.1) is 17.1 Å². The van der Waals surface area contributed by atoms with E-state index < -0.39 is 6.10 Å². The number of halogens is 2. The van der Waals surface area contributed by atoms with E-state index in [2.05, 4.69) is 22.2 Å². The molecule has 2 heterocycles. The molecular formula is C16H21ClIN3O2S. The van der Waals surface area contributed by atoms with Gasteiger partial charge in [0.15, 0.2) is 5.96 Å². The van der Waals surface area contributed by atoms with E-state index in [4.69, 9.17) is 16.0 Å². The molecule has 8 heteroatoms. The molecule has 0 radical (unpaired) electrons. The van der Waals surface area contributed by atoms with E-state index in [-0.39, 0.29) is 30.5 Å². The van der Waals surface area contributed by atoms with Crippen LogP contribution < -0.4 is 10.6 Å². The molecule has 2 aromatic heterocycles. The first-order valence-electron chi connectivity index (χ1n) is 7.28. The first-order chi connectivity index (χ1) is 11.2. The number of nitrogens with one attached hydrogen (secondary N) is 2. The first kappa shape index (κ1) is 21.0. The fraction of sp³-hybridized carbons (Fsp3) is 0.312. The van der Waals surface area contributed by atoms with Crippen LogP contribution >= 0.6 is 46.9 Å². The molecule has 2 rings (SSSR count). The second-order valence-corrected chi connectivity index (χ2v) is 6.52. The molecule has 132 valence electrons. The van der Waals surface area contributed by atoms with Crippen molar-refractivity contribution in [3.05, 3.63) is 58.2 Å². The summed E-state index contributed by atoms with van der Waals surface area (Å²) in [7, 11) is 0. The largest absolute Gasteiger partial charge is 0.469 e. The van der Waals surface area contributed by atoms with Gasteiger partial charge in [0.2, 0.25) is 0 Å². The number of aliphatic hydroxyl groups excluding tert-OH is 1. The number of rotatable bonds is 8. The van der Waals surface area contributed by atoms with E-state index >= 15 is 0 Å². The summed E-state index contributed by atoms with van der Waals surface area (Å²) in [4.78, 5) is 5.20. The lowest BCUT2D eigenvalue weighted by Gasteiger charge is -2.12. The molecule has 0 fully saturated rings. The van der Waals surface area contributed by atoms with Gasteiger partial charge in [-0.3, -0.25) is 4.99 Å². The van der Waals surface area contributed by atoms with Crippen LogP contribution in [0.3, 0.4) is 0 Å². The Labute approximate surface area is 167 Å². The van der Waals surface area contributed by atoms with Crippen molar-refractivity contribution < 1.29 is 9.52 Å². The molecule has 0 amide bonds. The minimum Gasteiger partial charge on any atom is -0.469 e. The summed E-state index contributed by atoms with van der Waals surface area (Å²) in [5.41, 5.74) is 0. The quantitative estimate of drug-likeness (QED) is 0.233. The Morgan fingerprint density at radius 2 is 2.25 bits per heavy atom. The minimum absolute atomic E-state index is 0. The fourth-order valence-corrected chi connectivity index (χ4v) is 2.92. The number of furan rings is 1. The maximum atomic E-state index is 10.1. The second-order valence-electron chi connectivity index (χ2n) is 4.77. The molecule has 0 spiro atoms. The molecular weight excluding hydrogens is 461 g/mol. The van der Waals surface area contributed by atoms with E-state index in [0.717, 1.165) is 17.1 Å². The number of nitrogens with zero attached hydrogens (tertiary/aromatic N) is 1. The molecule has 5 nitrogen and oxygen atoms in total. The van der Waals surface area contributed by atoms with Crippen molar-refractivity contribution in [2.75, 3.05) is 19.6 Å². The highest BCUT2D eigenvalue weighted by Gasteiger charge is 2.10. The van der Waals surface area contributed by atoms with Crippen LogP contribution in [-0.2, 0) is 6.42 Å². The SMILES string of the molecule is C=CCNC(=NCC(O)c1ccc(Cl)s1)NCCc1ccco1.I. The van der Waals surface area contributed by atoms with Gasteiger partial charge >= 0.3 is 0 Å². The average Bonchev–Trinajstić information content (AvgIpc) is 3.20. The predicted octanol–water partition coefficient (Wildman–Crippen LogP) is 3.61. The average molecular weight is 482 g/mol. The second kappa shape index (κ2) is 11.5. The summed E-state index contributed by atoms with van der Waals surface area (Å²) in [6, 6.07) is 7.38. The van der Waals surface area contributed by atoms with Crippen LogP contribution in [0.25, 0.3) is 0 Å². The molecule has 0 saturated heterocycles. The molecule has 0 aromatic carbocycles. The lowest BCUT2D eigenvalue weighted by atomic mass is 10.3. The number of hydrogen-bond donors (Lipinski definition) is 3. The highest BCUT2D eigenvalue weighted by molar-refractivity contribution is 14.0. The molecule has 1 atom stereocenters. The van der Waals surface area contributed by atoms with Gasteiger partial charge < -0.3 is 20.2 Å². The van der Waals surface area contributed by atoms with E-state index in [9.17, 15) is 5.11 Å². The third kappa shape index (κ3) is 7.25. The van der Waals surface area contributed by atoms with Crippen molar-refractivity contribution in [1.82, 2.24) is 10.6 Å². The van der Waals surface area contributed by atoms with Crippen molar-refractivity contribution in [3.63, 3.8) is 0 Å². The van der Waals surface area contributed by atoms with Crippen molar-refractivity contribution in [2.24, 2.45) is 4.99 Å². The number of aliphatic imine (C=N–C) groups is 1. The normalized spacial score (nSPS) is 12.3. The third-order valence-electron chi connectivity index (χ3n) is 3.00. The number of aliphatic hydroxyl groups is 1. The smallest absolute Gasteiger partial charge is 0.191 e.